The van der Waals surface area contributed by atoms with Crippen LogP contribution in [0.5, 0.6) is 0 Å². The second-order valence-corrected chi connectivity index (χ2v) is 11.3. The van der Waals surface area contributed by atoms with Gasteiger partial charge in [0, 0.05) is 61.8 Å². The third-order valence-corrected chi connectivity index (χ3v) is 7.41. The van der Waals surface area contributed by atoms with Crippen LogP contribution >= 0.6 is 0 Å². The van der Waals surface area contributed by atoms with Crippen molar-refractivity contribution >= 4 is 27.9 Å². The van der Waals surface area contributed by atoms with Crippen molar-refractivity contribution in [1.29, 1.82) is 0 Å². The molecule has 0 saturated heterocycles. The average molecular weight is 732 g/mol. The summed E-state index contributed by atoms with van der Waals surface area (Å²) in [6.07, 6.45) is 8.18. The van der Waals surface area contributed by atoms with Gasteiger partial charge in [-0.15, -0.1) is 29.1 Å². The van der Waals surface area contributed by atoms with Gasteiger partial charge >= 0.3 is 0 Å². The van der Waals surface area contributed by atoms with E-state index in [9.17, 15) is 9.90 Å². The summed E-state index contributed by atoms with van der Waals surface area (Å²) in [6, 6.07) is 14.1. The number of benzene rings is 2. The molecule has 0 unspecified atom stereocenters. The fourth-order valence-electron chi connectivity index (χ4n) is 4.89. The van der Waals surface area contributed by atoms with Gasteiger partial charge in [-0.3, -0.25) is 9.78 Å². The number of aryl methyl sites for hydroxylation is 1. The van der Waals surface area contributed by atoms with Crippen molar-refractivity contribution < 1.29 is 30.0 Å². The van der Waals surface area contributed by atoms with Gasteiger partial charge in [0.1, 0.15) is 0 Å². The molecule has 221 valence electrons. The summed E-state index contributed by atoms with van der Waals surface area (Å²) in [5.74, 6) is 0.547. The number of aromatic nitrogens is 4. The minimum atomic E-state index is 0. The molecule has 1 radical (unpaired) electrons. The Kier molecular flexibility index (Phi) is 12.7. The zero-order valence-corrected chi connectivity index (χ0v) is 28.0. The first-order valence-corrected chi connectivity index (χ1v) is 14.4. The maximum atomic E-state index is 11.7. The predicted octanol–water partition coefficient (Wildman–Crippen LogP) is 8.51. The van der Waals surface area contributed by atoms with Crippen LogP contribution in [0.2, 0.25) is 0 Å². The van der Waals surface area contributed by atoms with Gasteiger partial charge in [-0.2, -0.15) is 0 Å². The molecular weight excluding hydrogens is 689 g/mol. The molecule has 2 heterocycles. The molecule has 2 aromatic heterocycles. The zero-order chi connectivity index (χ0) is 29.4. The first-order valence-electron chi connectivity index (χ1n) is 14.4. The summed E-state index contributed by atoms with van der Waals surface area (Å²) in [5, 5.41) is 12.1. The molecule has 0 aliphatic rings. The van der Waals surface area contributed by atoms with E-state index in [2.05, 4.69) is 66.1 Å². The van der Waals surface area contributed by atoms with Gasteiger partial charge in [0.2, 0.25) is 0 Å². The predicted molar refractivity (Wildman–Crippen MR) is 164 cm³/mol. The summed E-state index contributed by atoms with van der Waals surface area (Å²) in [7, 11) is 0. The van der Waals surface area contributed by atoms with Gasteiger partial charge in [0.15, 0.2) is 17.1 Å². The fourth-order valence-corrected chi connectivity index (χ4v) is 4.89. The second kappa shape index (κ2) is 15.3. The molecule has 0 atom stereocenters. The smallest absolute Gasteiger partial charge is 0.196 e. The van der Waals surface area contributed by atoms with E-state index in [0.717, 1.165) is 48.0 Å². The largest absolute Gasteiger partial charge is 0.512 e. The first kappa shape index (κ1) is 34.2. The summed E-state index contributed by atoms with van der Waals surface area (Å²) in [4.78, 5) is 29.5. The molecule has 1 N–H and O–H groups in total. The van der Waals surface area contributed by atoms with E-state index < -0.39 is 0 Å². The van der Waals surface area contributed by atoms with Crippen LogP contribution in [0.3, 0.4) is 0 Å². The Morgan fingerprint density at radius 1 is 0.927 bits per heavy atom. The van der Waals surface area contributed by atoms with E-state index in [0.29, 0.717) is 11.3 Å². The average Bonchev–Trinajstić information content (AvgIpc) is 2.93. The SMILES string of the molecule is CCC(CC)C(=O)/C=C(\O)C(CC)CC.Cc1nc2nccnc2nc1-c1[c-]c2ccccc2c(C(C)(C)C)c1.[Ir]. The Balaban J connectivity index is 0.000000320. The number of fused-ring (bicyclic) bond motifs is 2. The summed E-state index contributed by atoms with van der Waals surface area (Å²) in [5.41, 5.74) is 5.01. The Hall–Kier alpha value is -3.02. The zero-order valence-electron chi connectivity index (χ0n) is 25.6. The second-order valence-electron chi connectivity index (χ2n) is 11.3. The van der Waals surface area contributed by atoms with Gasteiger partial charge < -0.3 is 5.11 Å². The molecule has 4 rings (SSSR count). The summed E-state index contributed by atoms with van der Waals surface area (Å²) in [6.45, 7) is 16.7. The quantitative estimate of drug-likeness (QED) is 0.111. The standard InChI is InChI=1S/C21H19N4.C13H24O2.Ir/c1-13-18(25-20-19(24-13)22-9-10-23-20)15-11-14-7-5-6-8-16(14)17(12-15)21(2,3)4;1-5-10(6-2)12(14)9-13(15)11(7-3)8-4;/h5-10,12H,1-4H3;9-11,14H,5-8H2,1-4H3;/q-1;;/b;12-9-;. The van der Waals surface area contributed by atoms with E-state index in [1.807, 2.05) is 40.7 Å². The van der Waals surface area contributed by atoms with Crippen LogP contribution < -0.4 is 0 Å². The molecule has 2 aromatic carbocycles. The van der Waals surface area contributed by atoms with Crippen LogP contribution in [0.1, 0.15) is 85.4 Å². The molecule has 0 amide bonds. The molecule has 0 bridgehead atoms. The Morgan fingerprint density at radius 2 is 1.49 bits per heavy atom. The van der Waals surface area contributed by atoms with Crippen molar-refractivity contribution in [2.75, 3.05) is 0 Å². The van der Waals surface area contributed by atoms with Crippen LogP contribution in [-0.2, 0) is 30.3 Å². The number of hydrogen-bond acceptors (Lipinski definition) is 6. The van der Waals surface area contributed by atoms with Crippen LogP contribution in [0, 0.1) is 24.8 Å². The van der Waals surface area contributed by atoms with Crippen molar-refractivity contribution in [3.05, 3.63) is 71.9 Å². The number of allylic oxidation sites excluding steroid dienone is 2. The number of ketones is 1. The topological polar surface area (TPSA) is 88.9 Å². The maximum absolute atomic E-state index is 11.7. The van der Waals surface area contributed by atoms with Gasteiger partial charge in [0.25, 0.3) is 0 Å². The third kappa shape index (κ3) is 8.50. The van der Waals surface area contributed by atoms with Crippen LogP contribution in [0.25, 0.3) is 33.3 Å². The number of aliphatic hydroxyl groups excluding tert-OH is 1. The van der Waals surface area contributed by atoms with Crippen LogP contribution in [-0.4, -0.2) is 30.8 Å². The van der Waals surface area contributed by atoms with E-state index in [1.165, 1.54) is 17.0 Å². The number of hydrogen-bond donors (Lipinski definition) is 1. The van der Waals surface area contributed by atoms with Crippen molar-refractivity contribution in [1.82, 2.24) is 19.9 Å². The number of rotatable bonds is 8. The molecule has 0 saturated carbocycles. The summed E-state index contributed by atoms with van der Waals surface area (Å²) < 4.78 is 0. The minimum Gasteiger partial charge on any atom is -0.512 e. The molecule has 0 fully saturated rings. The van der Waals surface area contributed by atoms with E-state index in [-0.39, 0.29) is 48.9 Å². The number of nitrogens with zero attached hydrogens (tertiary/aromatic N) is 4. The van der Waals surface area contributed by atoms with Crippen LogP contribution in [0.4, 0.5) is 0 Å². The first-order chi connectivity index (χ1) is 19.0. The molecule has 41 heavy (non-hydrogen) atoms. The summed E-state index contributed by atoms with van der Waals surface area (Å²) >= 11 is 0. The van der Waals surface area contributed by atoms with Crippen molar-refractivity contribution in [2.45, 2.75) is 86.5 Å². The van der Waals surface area contributed by atoms with E-state index in [1.54, 1.807) is 12.4 Å². The molecule has 0 aliphatic carbocycles. The van der Waals surface area contributed by atoms with Gasteiger partial charge in [-0.1, -0.05) is 77.6 Å². The molecular formula is C34H43IrN4O2-. The number of aliphatic hydroxyl groups is 1. The van der Waals surface area contributed by atoms with Crippen molar-refractivity contribution in [3.8, 4) is 11.3 Å². The van der Waals surface area contributed by atoms with Gasteiger partial charge in [-0.05, 0) is 38.0 Å². The normalized spacial score (nSPS) is 11.9. The third-order valence-electron chi connectivity index (χ3n) is 7.41. The number of carbonyl (C=O) groups is 1. The Bertz CT molecular complexity index is 1490. The van der Waals surface area contributed by atoms with Crippen molar-refractivity contribution in [3.63, 3.8) is 0 Å². The van der Waals surface area contributed by atoms with Crippen LogP contribution in [0.15, 0.2) is 54.6 Å². The molecule has 6 nitrogen and oxygen atoms in total. The molecule has 0 aliphatic heterocycles. The monoisotopic (exact) mass is 732 g/mol. The van der Waals surface area contributed by atoms with E-state index in [4.69, 9.17) is 4.98 Å². The Morgan fingerprint density at radius 3 is 2.05 bits per heavy atom. The fraction of sp³-hybridized carbons (Fsp3) is 0.441. The molecule has 7 heteroatoms. The van der Waals surface area contributed by atoms with Gasteiger partial charge in [-0.25, -0.2) is 15.0 Å². The minimum absolute atomic E-state index is 0. The van der Waals surface area contributed by atoms with E-state index >= 15 is 0 Å². The van der Waals surface area contributed by atoms with Crippen molar-refractivity contribution in [2.24, 2.45) is 11.8 Å². The van der Waals surface area contributed by atoms with Gasteiger partial charge in [0.05, 0.1) is 5.76 Å². The maximum Gasteiger partial charge on any atom is 0.196 e. The molecule has 4 aromatic rings. The molecule has 0 spiro atoms. The Labute approximate surface area is 258 Å². The number of carbonyl (C=O) groups excluding carboxylic acids is 1.